The highest BCUT2D eigenvalue weighted by molar-refractivity contribution is 7.17. The maximum atomic E-state index is 12.9. The van der Waals surface area contributed by atoms with E-state index in [-0.39, 0.29) is 5.56 Å². The minimum absolute atomic E-state index is 0.245. The average molecular weight is 338 g/mol. The fourth-order valence-electron chi connectivity index (χ4n) is 2.77. The molecule has 0 saturated heterocycles. The molecule has 23 heavy (non-hydrogen) atoms. The molecule has 7 heteroatoms. The number of hydrogen-bond donors (Lipinski definition) is 1. The normalized spacial score (nSPS) is 16.9. The molecule has 0 aliphatic heterocycles. The highest BCUT2D eigenvalue weighted by atomic mass is 32.1. The number of nitrogens with zero attached hydrogens (tertiary/aromatic N) is 2. The molecule has 1 atom stereocenters. The Labute approximate surface area is 134 Å². The Morgan fingerprint density at radius 2 is 2.09 bits per heavy atom. The van der Waals surface area contributed by atoms with E-state index in [1.807, 2.05) is 0 Å². The molecule has 1 aliphatic carbocycles. The summed E-state index contributed by atoms with van der Waals surface area (Å²) in [7, 11) is 0. The number of thiazole rings is 1. The lowest BCUT2D eigenvalue weighted by Gasteiger charge is -2.15. The van der Waals surface area contributed by atoms with Gasteiger partial charge in [0.15, 0.2) is 0 Å². The third-order valence-electron chi connectivity index (χ3n) is 4.07. The molecule has 1 aliphatic rings. The standard InChI is InChI=1S/C16H13F3N2OS/c17-16(18,19)11-3-1-2-10(6-11)14(22)13-15(9-4-5-9)23-12-7-20-8-21(12)13/h1-3,6-9,14,22H,4-5H2. The van der Waals surface area contributed by atoms with Crippen LogP contribution >= 0.6 is 11.3 Å². The van der Waals surface area contributed by atoms with Crippen LogP contribution in [-0.4, -0.2) is 14.5 Å². The van der Waals surface area contributed by atoms with Gasteiger partial charge < -0.3 is 5.11 Å². The van der Waals surface area contributed by atoms with Crippen LogP contribution in [0.2, 0.25) is 0 Å². The molecule has 0 spiro atoms. The zero-order chi connectivity index (χ0) is 16.2. The zero-order valence-electron chi connectivity index (χ0n) is 11.9. The van der Waals surface area contributed by atoms with Crippen molar-refractivity contribution >= 4 is 16.2 Å². The SMILES string of the molecule is OC(c1cccc(C(F)(F)F)c1)c1c(C2CC2)sc2cncn12. The lowest BCUT2D eigenvalue weighted by molar-refractivity contribution is -0.137. The molecule has 3 aromatic rings. The Hall–Kier alpha value is -1.86. The molecule has 1 fully saturated rings. The molecule has 0 bridgehead atoms. The Kier molecular flexibility index (Phi) is 3.24. The van der Waals surface area contributed by atoms with Gasteiger partial charge in [-0.05, 0) is 36.5 Å². The number of aromatic nitrogens is 2. The number of imidazole rings is 1. The molecule has 1 unspecified atom stereocenters. The van der Waals surface area contributed by atoms with E-state index in [9.17, 15) is 18.3 Å². The van der Waals surface area contributed by atoms with Crippen LogP contribution in [-0.2, 0) is 6.18 Å². The van der Waals surface area contributed by atoms with Gasteiger partial charge in [-0.15, -0.1) is 11.3 Å². The molecule has 3 nitrogen and oxygen atoms in total. The number of aliphatic hydroxyl groups is 1. The van der Waals surface area contributed by atoms with Crippen LogP contribution in [0.1, 0.15) is 46.6 Å². The molecule has 4 rings (SSSR count). The molecule has 1 N–H and O–H groups in total. The van der Waals surface area contributed by atoms with E-state index >= 15 is 0 Å². The van der Waals surface area contributed by atoms with Gasteiger partial charge in [-0.3, -0.25) is 4.40 Å². The molecule has 0 radical (unpaired) electrons. The predicted octanol–water partition coefficient (Wildman–Crippen LogP) is 4.37. The number of alkyl halides is 3. The predicted molar refractivity (Wildman–Crippen MR) is 80.5 cm³/mol. The first kappa shape index (κ1) is 14.7. The largest absolute Gasteiger partial charge is 0.416 e. The summed E-state index contributed by atoms with van der Waals surface area (Å²) in [4.78, 5) is 6.00. The quantitative estimate of drug-likeness (QED) is 0.770. The Morgan fingerprint density at radius 1 is 1.30 bits per heavy atom. The van der Waals surface area contributed by atoms with Gasteiger partial charge in [0.05, 0.1) is 17.5 Å². The van der Waals surface area contributed by atoms with E-state index in [0.717, 1.165) is 34.7 Å². The summed E-state index contributed by atoms with van der Waals surface area (Å²) in [6.45, 7) is 0. The Bertz CT molecular complexity index is 864. The van der Waals surface area contributed by atoms with Gasteiger partial charge in [0, 0.05) is 4.88 Å². The van der Waals surface area contributed by atoms with Gasteiger partial charge in [0.1, 0.15) is 17.3 Å². The average Bonchev–Trinajstić information content (AvgIpc) is 3.15. The molecule has 0 amide bonds. The number of rotatable bonds is 3. The van der Waals surface area contributed by atoms with Crippen LogP contribution in [0.3, 0.4) is 0 Å². The van der Waals surface area contributed by atoms with Crippen molar-refractivity contribution in [3.8, 4) is 0 Å². The van der Waals surface area contributed by atoms with Crippen molar-refractivity contribution in [1.29, 1.82) is 0 Å². The van der Waals surface area contributed by atoms with E-state index in [4.69, 9.17) is 0 Å². The third kappa shape index (κ3) is 2.53. The Morgan fingerprint density at radius 3 is 2.78 bits per heavy atom. The van der Waals surface area contributed by atoms with E-state index < -0.39 is 17.8 Å². The van der Waals surface area contributed by atoms with Gasteiger partial charge in [-0.2, -0.15) is 13.2 Å². The second-order valence-electron chi connectivity index (χ2n) is 5.75. The molecular formula is C16H13F3N2OS. The fourth-order valence-corrected chi connectivity index (χ4v) is 4.07. The third-order valence-corrected chi connectivity index (χ3v) is 5.34. The molecule has 2 aromatic heterocycles. The van der Waals surface area contributed by atoms with Crippen molar-refractivity contribution in [2.24, 2.45) is 0 Å². The Balaban J connectivity index is 1.81. The monoisotopic (exact) mass is 338 g/mol. The van der Waals surface area contributed by atoms with Crippen LogP contribution < -0.4 is 0 Å². The van der Waals surface area contributed by atoms with Gasteiger partial charge >= 0.3 is 6.18 Å². The first-order valence-corrected chi connectivity index (χ1v) is 8.06. The number of fused-ring (bicyclic) bond motifs is 1. The summed E-state index contributed by atoms with van der Waals surface area (Å²) in [6, 6.07) is 4.88. The van der Waals surface area contributed by atoms with Crippen molar-refractivity contribution in [2.45, 2.75) is 31.0 Å². The summed E-state index contributed by atoms with van der Waals surface area (Å²) in [6.07, 6.45) is -0.105. The van der Waals surface area contributed by atoms with Crippen molar-refractivity contribution < 1.29 is 18.3 Å². The first-order chi connectivity index (χ1) is 10.9. The summed E-state index contributed by atoms with van der Waals surface area (Å²) < 4.78 is 40.5. The van der Waals surface area contributed by atoms with Crippen LogP contribution in [0.15, 0.2) is 36.8 Å². The van der Waals surface area contributed by atoms with Crippen LogP contribution in [0.25, 0.3) is 4.83 Å². The summed E-state index contributed by atoms with van der Waals surface area (Å²) >= 11 is 1.55. The topological polar surface area (TPSA) is 37.5 Å². The van der Waals surface area contributed by atoms with Gasteiger partial charge in [-0.1, -0.05) is 12.1 Å². The number of halogens is 3. The second kappa shape index (κ2) is 5.07. The molecule has 1 aromatic carbocycles. The van der Waals surface area contributed by atoms with E-state index in [0.29, 0.717) is 11.6 Å². The second-order valence-corrected chi connectivity index (χ2v) is 6.82. The first-order valence-electron chi connectivity index (χ1n) is 7.25. The van der Waals surface area contributed by atoms with Crippen molar-refractivity contribution in [3.63, 3.8) is 0 Å². The van der Waals surface area contributed by atoms with Crippen molar-refractivity contribution in [3.05, 3.63) is 58.5 Å². The van der Waals surface area contributed by atoms with Crippen molar-refractivity contribution in [2.75, 3.05) is 0 Å². The lowest BCUT2D eigenvalue weighted by Crippen LogP contribution is -2.09. The number of hydrogen-bond acceptors (Lipinski definition) is 3. The molecule has 120 valence electrons. The summed E-state index contributed by atoms with van der Waals surface area (Å²) in [5, 5.41) is 10.7. The van der Waals surface area contributed by atoms with Crippen molar-refractivity contribution in [1.82, 2.24) is 9.38 Å². The fraction of sp³-hybridized carbons (Fsp3) is 0.312. The highest BCUT2D eigenvalue weighted by Crippen LogP contribution is 2.48. The summed E-state index contributed by atoms with van der Waals surface area (Å²) in [5.41, 5.74) is 0.138. The minimum atomic E-state index is -4.42. The smallest absolute Gasteiger partial charge is 0.382 e. The van der Waals surface area contributed by atoms with E-state index in [1.165, 1.54) is 12.1 Å². The molecular weight excluding hydrogens is 325 g/mol. The maximum absolute atomic E-state index is 12.9. The summed E-state index contributed by atoms with van der Waals surface area (Å²) in [5.74, 6) is 0.398. The number of aliphatic hydroxyl groups excluding tert-OH is 1. The highest BCUT2D eigenvalue weighted by Gasteiger charge is 2.34. The minimum Gasteiger partial charge on any atom is -0.382 e. The zero-order valence-corrected chi connectivity index (χ0v) is 12.7. The van der Waals surface area contributed by atoms with Gasteiger partial charge in [-0.25, -0.2) is 4.98 Å². The molecule has 1 saturated carbocycles. The van der Waals surface area contributed by atoms with E-state index in [1.54, 1.807) is 28.3 Å². The van der Waals surface area contributed by atoms with Crippen LogP contribution in [0.4, 0.5) is 13.2 Å². The van der Waals surface area contributed by atoms with Gasteiger partial charge in [0.2, 0.25) is 0 Å². The van der Waals surface area contributed by atoms with Crippen LogP contribution in [0.5, 0.6) is 0 Å². The van der Waals surface area contributed by atoms with Crippen LogP contribution in [0, 0.1) is 0 Å². The number of benzene rings is 1. The molecule has 2 heterocycles. The van der Waals surface area contributed by atoms with E-state index in [2.05, 4.69) is 4.98 Å². The maximum Gasteiger partial charge on any atom is 0.416 e. The lowest BCUT2D eigenvalue weighted by atomic mass is 10.0. The van der Waals surface area contributed by atoms with Gasteiger partial charge in [0.25, 0.3) is 0 Å².